The number of hydrogen-bond acceptors (Lipinski definition) is 3. The number of piperidine rings is 1. The summed E-state index contributed by atoms with van der Waals surface area (Å²) in [7, 11) is 0. The van der Waals surface area contributed by atoms with E-state index in [1.54, 1.807) is 6.07 Å². The van der Waals surface area contributed by atoms with Crippen molar-refractivity contribution in [3.8, 4) is 11.3 Å². The predicted octanol–water partition coefficient (Wildman–Crippen LogP) is 6.18. The van der Waals surface area contributed by atoms with E-state index in [-0.39, 0.29) is 5.82 Å². The monoisotopic (exact) mass is 451 g/mol. The third-order valence-corrected chi connectivity index (χ3v) is 9.12. The minimum Gasteiger partial charge on any atom is -0.303 e. The van der Waals surface area contributed by atoms with Gasteiger partial charge in [0.05, 0.1) is 16.4 Å². The molecule has 4 unspecified atom stereocenters. The minimum atomic E-state index is -0.312. The number of rotatable bonds is 6. The summed E-state index contributed by atoms with van der Waals surface area (Å²) in [4.78, 5) is 2.75. The van der Waals surface area contributed by atoms with Crippen molar-refractivity contribution in [1.82, 2.24) is 15.1 Å². The van der Waals surface area contributed by atoms with Crippen LogP contribution in [0.1, 0.15) is 44.2 Å². The van der Waals surface area contributed by atoms with E-state index in [2.05, 4.69) is 27.2 Å². The van der Waals surface area contributed by atoms with Gasteiger partial charge in [-0.05, 0) is 117 Å². The van der Waals surface area contributed by atoms with Gasteiger partial charge >= 0.3 is 0 Å². The van der Waals surface area contributed by atoms with Crippen LogP contribution < -0.4 is 0 Å². The predicted molar refractivity (Wildman–Crippen MR) is 126 cm³/mol. The Morgan fingerprint density at radius 2 is 1.94 bits per heavy atom. The molecule has 3 nitrogen and oxygen atoms in total. The molecule has 2 saturated carbocycles. The molecule has 1 aliphatic heterocycles. The van der Waals surface area contributed by atoms with Crippen LogP contribution in [-0.2, 0) is 6.42 Å². The molecule has 32 heavy (non-hydrogen) atoms. The molecule has 4 atom stereocenters. The molecule has 1 aromatic carbocycles. The molecule has 2 bridgehead atoms. The van der Waals surface area contributed by atoms with Gasteiger partial charge in [-0.2, -0.15) is 10.2 Å². The summed E-state index contributed by atoms with van der Waals surface area (Å²) in [6, 6.07) is 8.27. The van der Waals surface area contributed by atoms with Gasteiger partial charge < -0.3 is 4.90 Å². The van der Waals surface area contributed by atoms with Gasteiger partial charge in [0.1, 0.15) is 5.82 Å². The lowest BCUT2D eigenvalue weighted by atomic mass is 9.87. The van der Waals surface area contributed by atoms with Crippen LogP contribution in [0.3, 0.4) is 0 Å². The Morgan fingerprint density at radius 1 is 1.06 bits per heavy atom. The van der Waals surface area contributed by atoms with E-state index in [0.717, 1.165) is 35.8 Å². The number of aromatic nitrogens is 2. The van der Waals surface area contributed by atoms with Crippen LogP contribution in [0.4, 0.5) is 4.39 Å². The average Bonchev–Trinajstić information content (AvgIpc) is 3.10. The van der Waals surface area contributed by atoms with Gasteiger partial charge in [0.15, 0.2) is 0 Å². The molecule has 1 spiro atoms. The molecule has 0 N–H and O–H groups in total. The molecule has 1 aromatic heterocycles. The molecular formula is C27H31ClFN3. The number of allylic oxidation sites excluding steroid dienone is 2. The van der Waals surface area contributed by atoms with Crippen molar-refractivity contribution in [2.24, 2.45) is 29.1 Å². The number of halogens is 2. The van der Waals surface area contributed by atoms with Gasteiger partial charge in [-0.15, -0.1) is 0 Å². The van der Waals surface area contributed by atoms with Crippen molar-refractivity contribution < 1.29 is 4.39 Å². The summed E-state index contributed by atoms with van der Waals surface area (Å²) in [5.41, 5.74) is 2.85. The Kier molecular flexibility index (Phi) is 5.34. The minimum absolute atomic E-state index is 0.312. The molecule has 2 heterocycles. The molecule has 3 aliphatic carbocycles. The molecule has 6 rings (SSSR count). The lowest BCUT2D eigenvalue weighted by molar-refractivity contribution is 0.135. The first-order valence-corrected chi connectivity index (χ1v) is 12.6. The first-order valence-electron chi connectivity index (χ1n) is 12.3. The molecule has 0 radical (unpaired) electrons. The second-order valence-electron chi connectivity index (χ2n) is 10.7. The lowest BCUT2D eigenvalue weighted by Gasteiger charge is -2.35. The van der Waals surface area contributed by atoms with E-state index in [1.807, 2.05) is 12.1 Å². The lowest BCUT2D eigenvalue weighted by Crippen LogP contribution is -2.39. The van der Waals surface area contributed by atoms with Crippen LogP contribution in [0.2, 0.25) is 5.02 Å². The van der Waals surface area contributed by atoms with Crippen molar-refractivity contribution in [1.29, 1.82) is 0 Å². The van der Waals surface area contributed by atoms with Crippen LogP contribution in [0.5, 0.6) is 0 Å². The van der Waals surface area contributed by atoms with Crippen LogP contribution >= 0.6 is 11.6 Å². The van der Waals surface area contributed by atoms with E-state index in [1.165, 1.54) is 70.3 Å². The number of nitrogens with zero attached hydrogens (tertiary/aromatic N) is 3. The summed E-state index contributed by atoms with van der Waals surface area (Å²) in [5.74, 6) is 3.20. The van der Waals surface area contributed by atoms with E-state index >= 15 is 0 Å². The third kappa shape index (κ3) is 4.01. The summed E-state index contributed by atoms with van der Waals surface area (Å²) in [5, 5.41) is 9.21. The zero-order chi connectivity index (χ0) is 21.7. The zero-order valence-corrected chi connectivity index (χ0v) is 19.3. The number of likely N-dealkylation sites (tertiary alicyclic amines) is 1. The van der Waals surface area contributed by atoms with Crippen LogP contribution in [-0.4, -0.2) is 34.7 Å². The highest BCUT2D eigenvalue weighted by Crippen LogP contribution is 2.61. The maximum Gasteiger partial charge on any atom is 0.123 e. The Hall–Kier alpha value is -1.78. The van der Waals surface area contributed by atoms with Crippen molar-refractivity contribution in [2.75, 3.05) is 19.6 Å². The highest BCUT2D eigenvalue weighted by Gasteiger charge is 2.54. The molecular weight excluding hydrogens is 421 g/mol. The van der Waals surface area contributed by atoms with Crippen LogP contribution in [0, 0.1) is 34.9 Å². The largest absolute Gasteiger partial charge is 0.303 e. The van der Waals surface area contributed by atoms with Crippen molar-refractivity contribution in [3.05, 3.63) is 59.0 Å². The number of aryl methyl sites for hydroxylation is 1. The van der Waals surface area contributed by atoms with Gasteiger partial charge in [-0.1, -0.05) is 23.8 Å². The van der Waals surface area contributed by atoms with Crippen LogP contribution in [0.15, 0.2) is 42.5 Å². The zero-order valence-electron chi connectivity index (χ0n) is 18.5. The maximum absolute atomic E-state index is 13.6. The summed E-state index contributed by atoms with van der Waals surface area (Å²) in [6.07, 6.45) is 14.1. The summed E-state index contributed by atoms with van der Waals surface area (Å²) in [6.45, 7) is 3.90. The number of fused-ring (bicyclic) bond motifs is 2. The van der Waals surface area contributed by atoms with Gasteiger partial charge in [-0.3, -0.25) is 0 Å². The van der Waals surface area contributed by atoms with Crippen molar-refractivity contribution >= 4 is 11.6 Å². The maximum atomic E-state index is 13.6. The first kappa shape index (κ1) is 20.8. The second kappa shape index (κ2) is 8.22. The highest BCUT2D eigenvalue weighted by molar-refractivity contribution is 6.33. The van der Waals surface area contributed by atoms with E-state index in [0.29, 0.717) is 21.7 Å². The van der Waals surface area contributed by atoms with Crippen molar-refractivity contribution in [3.63, 3.8) is 0 Å². The number of benzene rings is 1. The standard InChI is InChI=1S/C27H31ClFN3/c28-25-7-4-22(29)15-24(25)26-8-6-23(30-31-26)5-3-21-16-27(21)9-11-32(12-10-27)17-20-14-18-1-2-19(20)13-18/h1-2,4,6-8,15,18-21H,3,5,9-14,16-17H2. The van der Waals surface area contributed by atoms with E-state index < -0.39 is 0 Å². The van der Waals surface area contributed by atoms with Gasteiger partial charge in [0.25, 0.3) is 0 Å². The highest BCUT2D eigenvalue weighted by atomic mass is 35.5. The Bertz CT molecular complexity index is 1010. The smallest absolute Gasteiger partial charge is 0.123 e. The van der Waals surface area contributed by atoms with Crippen LogP contribution in [0.25, 0.3) is 11.3 Å². The normalized spacial score (nSPS) is 30.3. The van der Waals surface area contributed by atoms with Crippen molar-refractivity contribution in [2.45, 2.75) is 44.9 Å². The molecule has 0 amide bonds. The fourth-order valence-electron chi connectivity index (χ4n) is 6.72. The van der Waals surface area contributed by atoms with E-state index in [4.69, 9.17) is 11.6 Å². The van der Waals surface area contributed by atoms with Gasteiger partial charge in [0, 0.05) is 12.1 Å². The SMILES string of the molecule is Fc1ccc(Cl)c(-c2ccc(CCC3CC34CCN(CC3CC5C=CC3C5)CC4)nn2)c1. The van der Waals surface area contributed by atoms with E-state index in [9.17, 15) is 4.39 Å². The number of hydrogen-bond donors (Lipinski definition) is 0. The van der Waals surface area contributed by atoms with Gasteiger partial charge in [-0.25, -0.2) is 4.39 Å². The average molecular weight is 452 g/mol. The molecule has 4 aliphatic rings. The Morgan fingerprint density at radius 3 is 2.66 bits per heavy atom. The topological polar surface area (TPSA) is 29.0 Å². The Balaban J connectivity index is 0.984. The fraction of sp³-hybridized carbons (Fsp3) is 0.556. The molecule has 5 heteroatoms. The molecule has 168 valence electrons. The molecule has 1 saturated heterocycles. The molecule has 2 aromatic rings. The second-order valence-corrected chi connectivity index (χ2v) is 11.1. The summed E-state index contributed by atoms with van der Waals surface area (Å²) < 4.78 is 13.6. The summed E-state index contributed by atoms with van der Waals surface area (Å²) >= 11 is 6.20. The third-order valence-electron chi connectivity index (χ3n) is 8.79. The Labute approximate surface area is 195 Å². The quantitative estimate of drug-likeness (QED) is 0.491. The fourth-order valence-corrected chi connectivity index (χ4v) is 6.94. The molecule has 3 fully saturated rings. The first-order chi connectivity index (χ1) is 15.6. The van der Waals surface area contributed by atoms with Gasteiger partial charge in [0.2, 0.25) is 0 Å².